The van der Waals surface area contributed by atoms with Gasteiger partial charge in [0.25, 0.3) is 0 Å². The fourth-order valence-corrected chi connectivity index (χ4v) is 3.70. The zero-order valence-corrected chi connectivity index (χ0v) is 13.4. The molecular weight excluding hydrogens is 256 g/mol. The largest absolute Gasteiger partial charge is 0.311 e. The van der Waals surface area contributed by atoms with Gasteiger partial charge in [-0.15, -0.1) is 0 Å². The first kappa shape index (κ1) is 15.1. The molecule has 3 rings (SSSR count). The topological polar surface area (TPSA) is 15.3 Å². The molecule has 1 N–H and O–H groups in total. The van der Waals surface area contributed by atoms with Crippen LogP contribution in [0.3, 0.4) is 0 Å². The highest BCUT2D eigenvalue weighted by molar-refractivity contribution is 5.14. The summed E-state index contributed by atoms with van der Waals surface area (Å²) in [5.74, 6) is 0.992. The Morgan fingerprint density at radius 3 is 2.62 bits per heavy atom. The fourth-order valence-electron chi connectivity index (χ4n) is 3.70. The van der Waals surface area contributed by atoms with E-state index in [0.717, 1.165) is 18.0 Å². The third-order valence-electron chi connectivity index (χ3n) is 5.18. The lowest BCUT2D eigenvalue weighted by atomic mass is 10.0. The summed E-state index contributed by atoms with van der Waals surface area (Å²) in [6.07, 6.45) is 8.07. The maximum Gasteiger partial charge on any atom is 0.0102 e. The minimum Gasteiger partial charge on any atom is -0.311 e. The summed E-state index contributed by atoms with van der Waals surface area (Å²) in [6, 6.07) is 12.5. The first-order valence-corrected chi connectivity index (χ1v) is 8.87. The van der Waals surface area contributed by atoms with Crippen LogP contribution in [0, 0.1) is 5.92 Å². The molecule has 1 aromatic rings. The Bertz CT molecular complexity index is 409. The van der Waals surface area contributed by atoms with Crippen molar-refractivity contribution in [2.75, 3.05) is 19.6 Å². The van der Waals surface area contributed by atoms with E-state index in [-0.39, 0.29) is 0 Å². The number of nitrogens with zero attached hydrogens (tertiary/aromatic N) is 1. The first-order valence-electron chi connectivity index (χ1n) is 8.87. The van der Waals surface area contributed by atoms with Gasteiger partial charge >= 0.3 is 0 Å². The van der Waals surface area contributed by atoms with E-state index in [2.05, 4.69) is 47.5 Å². The quantitative estimate of drug-likeness (QED) is 0.825. The Kier molecular flexibility index (Phi) is 5.32. The molecule has 0 bridgehead atoms. The molecule has 2 nitrogen and oxygen atoms in total. The molecule has 2 heteroatoms. The summed E-state index contributed by atoms with van der Waals surface area (Å²) in [7, 11) is 0. The molecule has 0 radical (unpaired) electrons. The van der Waals surface area contributed by atoms with Crippen molar-refractivity contribution in [2.45, 2.75) is 57.5 Å². The highest BCUT2D eigenvalue weighted by atomic mass is 15.1. The van der Waals surface area contributed by atoms with Crippen LogP contribution in [0.1, 0.15) is 44.6 Å². The highest BCUT2D eigenvalue weighted by Crippen LogP contribution is 2.35. The molecule has 2 unspecified atom stereocenters. The number of hydrogen-bond acceptors (Lipinski definition) is 2. The third-order valence-corrected chi connectivity index (χ3v) is 5.18. The van der Waals surface area contributed by atoms with Gasteiger partial charge in [-0.3, -0.25) is 0 Å². The summed E-state index contributed by atoms with van der Waals surface area (Å²) in [5.41, 5.74) is 1.47. The zero-order chi connectivity index (χ0) is 14.5. The van der Waals surface area contributed by atoms with Crippen LogP contribution >= 0.6 is 0 Å². The second-order valence-corrected chi connectivity index (χ2v) is 6.91. The van der Waals surface area contributed by atoms with Crippen LogP contribution in [-0.4, -0.2) is 36.6 Å². The smallest absolute Gasteiger partial charge is 0.0102 e. The Balaban J connectivity index is 1.32. The molecule has 1 aromatic carbocycles. The van der Waals surface area contributed by atoms with Gasteiger partial charge in [0, 0.05) is 18.6 Å². The average molecular weight is 286 g/mol. The normalized spacial score (nSPS) is 26.9. The predicted octanol–water partition coefficient (Wildman–Crippen LogP) is 3.47. The van der Waals surface area contributed by atoms with Crippen LogP contribution in [0.15, 0.2) is 30.3 Å². The van der Waals surface area contributed by atoms with E-state index in [1.807, 2.05) is 0 Å². The van der Waals surface area contributed by atoms with Gasteiger partial charge in [0.05, 0.1) is 0 Å². The SMILES string of the molecule is CCCC1CC1NC1CCN(CCc2ccccc2)CC1. The number of piperidine rings is 1. The molecule has 21 heavy (non-hydrogen) atoms. The van der Waals surface area contributed by atoms with Crippen molar-refractivity contribution >= 4 is 0 Å². The lowest BCUT2D eigenvalue weighted by Gasteiger charge is -2.32. The molecule has 2 fully saturated rings. The molecule has 1 aliphatic heterocycles. The van der Waals surface area contributed by atoms with Gasteiger partial charge < -0.3 is 10.2 Å². The number of likely N-dealkylation sites (tertiary alicyclic amines) is 1. The predicted molar refractivity (Wildman–Crippen MR) is 89.5 cm³/mol. The van der Waals surface area contributed by atoms with Gasteiger partial charge in [-0.2, -0.15) is 0 Å². The molecule has 1 aliphatic carbocycles. The van der Waals surface area contributed by atoms with Crippen LogP contribution < -0.4 is 5.32 Å². The van der Waals surface area contributed by atoms with Crippen molar-refractivity contribution in [1.29, 1.82) is 0 Å². The van der Waals surface area contributed by atoms with Gasteiger partial charge in [0.15, 0.2) is 0 Å². The Hall–Kier alpha value is -0.860. The van der Waals surface area contributed by atoms with E-state index in [4.69, 9.17) is 0 Å². The standard InChI is InChI=1S/C19H30N2/c1-2-6-17-15-19(17)20-18-10-13-21(14-11-18)12-9-16-7-4-3-5-8-16/h3-5,7-8,17-20H,2,6,9-15H2,1H3. The molecule has 1 saturated heterocycles. The molecule has 2 atom stereocenters. The van der Waals surface area contributed by atoms with Crippen LogP contribution in [-0.2, 0) is 6.42 Å². The van der Waals surface area contributed by atoms with Crippen molar-refractivity contribution < 1.29 is 0 Å². The first-order chi connectivity index (χ1) is 10.3. The molecule has 1 saturated carbocycles. The van der Waals surface area contributed by atoms with E-state index in [1.165, 1.54) is 63.7 Å². The van der Waals surface area contributed by atoms with E-state index in [1.54, 1.807) is 0 Å². The summed E-state index contributed by atoms with van der Waals surface area (Å²) in [6.45, 7) is 6.07. The van der Waals surface area contributed by atoms with Gasteiger partial charge in [-0.1, -0.05) is 43.7 Å². The van der Waals surface area contributed by atoms with E-state index in [9.17, 15) is 0 Å². The van der Waals surface area contributed by atoms with E-state index in [0.29, 0.717) is 0 Å². The zero-order valence-electron chi connectivity index (χ0n) is 13.4. The number of hydrogen-bond donors (Lipinski definition) is 1. The van der Waals surface area contributed by atoms with Gasteiger partial charge in [-0.05, 0) is 56.7 Å². The number of nitrogens with one attached hydrogen (secondary N) is 1. The van der Waals surface area contributed by atoms with Crippen LogP contribution in [0.4, 0.5) is 0 Å². The Morgan fingerprint density at radius 1 is 1.14 bits per heavy atom. The van der Waals surface area contributed by atoms with Gasteiger partial charge in [-0.25, -0.2) is 0 Å². The van der Waals surface area contributed by atoms with Crippen molar-refractivity contribution in [3.63, 3.8) is 0 Å². The van der Waals surface area contributed by atoms with Crippen molar-refractivity contribution in [3.05, 3.63) is 35.9 Å². The molecule has 0 amide bonds. The average Bonchev–Trinajstić information content (AvgIpc) is 3.26. The maximum atomic E-state index is 3.90. The van der Waals surface area contributed by atoms with Gasteiger partial charge in [0.1, 0.15) is 0 Å². The molecule has 116 valence electrons. The van der Waals surface area contributed by atoms with Crippen LogP contribution in [0.25, 0.3) is 0 Å². The van der Waals surface area contributed by atoms with E-state index >= 15 is 0 Å². The van der Waals surface area contributed by atoms with Crippen molar-refractivity contribution in [3.8, 4) is 0 Å². The van der Waals surface area contributed by atoms with Gasteiger partial charge in [0.2, 0.25) is 0 Å². The maximum absolute atomic E-state index is 3.90. The molecule has 0 aromatic heterocycles. The summed E-state index contributed by atoms with van der Waals surface area (Å²) < 4.78 is 0. The van der Waals surface area contributed by atoms with Crippen LogP contribution in [0.5, 0.6) is 0 Å². The van der Waals surface area contributed by atoms with Crippen molar-refractivity contribution in [2.24, 2.45) is 5.92 Å². The second-order valence-electron chi connectivity index (χ2n) is 6.91. The lowest BCUT2D eigenvalue weighted by Crippen LogP contribution is -2.44. The minimum atomic E-state index is 0.782. The third kappa shape index (κ3) is 4.55. The number of benzene rings is 1. The lowest BCUT2D eigenvalue weighted by molar-refractivity contribution is 0.198. The molecule has 0 spiro atoms. The molecule has 1 heterocycles. The van der Waals surface area contributed by atoms with E-state index < -0.39 is 0 Å². The fraction of sp³-hybridized carbons (Fsp3) is 0.684. The highest BCUT2D eigenvalue weighted by Gasteiger charge is 2.37. The molecule has 2 aliphatic rings. The summed E-state index contributed by atoms with van der Waals surface area (Å²) >= 11 is 0. The Labute approximate surface area is 129 Å². The summed E-state index contributed by atoms with van der Waals surface area (Å²) in [5, 5.41) is 3.90. The van der Waals surface area contributed by atoms with Crippen LogP contribution in [0.2, 0.25) is 0 Å². The summed E-state index contributed by atoms with van der Waals surface area (Å²) in [4.78, 5) is 2.64. The number of rotatable bonds is 7. The monoisotopic (exact) mass is 286 g/mol. The molecular formula is C19H30N2. The minimum absolute atomic E-state index is 0.782. The second kappa shape index (κ2) is 7.42. The Morgan fingerprint density at radius 2 is 1.90 bits per heavy atom. The van der Waals surface area contributed by atoms with Crippen molar-refractivity contribution in [1.82, 2.24) is 10.2 Å².